The van der Waals surface area contributed by atoms with Gasteiger partial charge in [0.05, 0.1) is 11.6 Å². The van der Waals surface area contributed by atoms with Crippen molar-refractivity contribution in [1.82, 2.24) is 15.2 Å². The van der Waals surface area contributed by atoms with Gasteiger partial charge < -0.3 is 20.7 Å². The van der Waals surface area contributed by atoms with Gasteiger partial charge >= 0.3 is 6.03 Å². The average molecular weight is 405 g/mol. The van der Waals surface area contributed by atoms with E-state index in [1.807, 2.05) is 12.1 Å². The molecular formula is C22H23N5O3. The van der Waals surface area contributed by atoms with Crippen LogP contribution in [0.25, 0.3) is 0 Å². The van der Waals surface area contributed by atoms with Crippen LogP contribution in [-0.4, -0.2) is 34.0 Å². The van der Waals surface area contributed by atoms with Gasteiger partial charge in [-0.1, -0.05) is 6.07 Å². The van der Waals surface area contributed by atoms with Gasteiger partial charge in [0.1, 0.15) is 11.7 Å². The summed E-state index contributed by atoms with van der Waals surface area (Å²) in [7, 11) is 0. The molecule has 1 aliphatic carbocycles. The van der Waals surface area contributed by atoms with Crippen molar-refractivity contribution in [3.63, 3.8) is 0 Å². The molecule has 0 saturated heterocycles. The zero-order valence-corrected chi connectivity index (χ0v) is 16.5. The molecule has 4 rings (SSSR count). The number of amides is 3. The van der Waals surface area contributed by atoms with Crippen LogP contribution in [0.2, 0.25) is 0 Å². The lowest BCUT2D eigenvalue weighted by molar-refractivity contribution is 0.0979. The molecule has 0 atom stereocenters. The fraction of sp³-hybridized carbons (Fsp3) is 0.364. The number of primary amides is 1. The Morgan fingerprint density at radius 3 is 2.67 bits per heavy atom. The SMILES string of the molecule is N#Cc1ccc2c(c1)CN(C(=O)NC1CCC(Oc3ncccc3C(N)=O)CC1)C2. The van der Waals surface area contributed by atoms with Crippen LogP contribution < -0.4 is 15.8 Å². The molecule has 1 saturated carbocycles. The first-order valence-electron chi connectivity index (χ1n) is 10.0. The molecule has 0 radical (unpaired) electrons. The van der Waals surface area contributed by atoms with Gasteiger partial charge in [-0.25, -0.2) is 9.78 Å². The summed E-state index contributed by atoms with van der Waals surface area (Å²) in [6.45, 7) is 1.08. The van der Waals surface area contributed by atoms with E-state index >= 15 is 0 Å². The first-order valence-corrected chi connectivity index (χ1v) is 10.0. The molecule has 1 aliphatic heterocycles. The van der Waals surface area contributed by atoms with Crippen molar-refractivity contribution in [3.05, 3.63) is 58.8 Å². The first kappa shape index (κ1) is 19.7. The molecular weight excluding hydrogens is 382 g/mol. The molecule has 8 nitrogen and oxygen atoms in total. The molecule has 1 fully saturated rings. The Kier molecular flexibility index (Phi) is 5.53. The number of nitriles is 1. The number of ether oxygens (including phenoxy) is 1. The Labute approximate surface area is 174 Å². The highest BCUT2D eigenvalue weighted by Crippen LogP contribution is 2.27. The standard InChI is InChI=1S/C22H23N5O3/c23-11-14-3-4-15-12-27(13-16(15)10-14)22(29)26-17-5-7-18(8-6-17)30-21-19(20(24)28)2-1-9-25-21/h1-4,9-10,17-18H,5-8,12-13H2,(H2,24,28)(H,26,29). The Hall–Kier alpha value is -3.60. The summed E-state index contributed by atoms with van der Waals surface area (Å²) >= 11 is 0. The monoisotopic (exact) mass is 405 g/mol. The van der Waals surface area contributed by atoms with Gasteiger partial charge in [-0.3, -0.25) is 4.79 Å². The maximum absolute atomic E-state index is 12.7. The van der Waals surface area contributed by atoms with Crippen LogP contribution in [0.15, 0.2) is 36.5 Å². The highest BCUT2D eigenvalue weighted by atomic mass is 16.5. The molecule has 0 bridgehead atoms. The molecule has 0 spiro atoms. The number of carbonyl (C=O) groups excluding carboxylic acids is 2. The summed E-state index contributed by atoms with van der Waals surface area (Å²) in [5.74, 6) is -0.295. The third-order valence-corrected chi connectivity index (χ3v) is 5.66. The molecule has 1 aromatic heterocycles. The highest BCUT2D eigenvalue weighted by Gasteiger charge is 2.28. The van der Waals surface area contributed by atoms with E-state index in [2.05, 4.69) is 16.4 Å². The minimum atomic E-state index is -0.562. The second kappa shape index (κ2) is 8.41. The predicted molar refractivity (Wildman–Crippen MR) is 108 cm³/mol. The van der Waals surface area contributed by atoms with E-state index in [1.54, 1.807) is 29.3 Å². The maximum atomic E-state index is 12.7. The number of aromatic nitrogens is 1. The molecule has 2 aliphatic rings. The second-order valence-corrected chi connectivity index (χ2v) is 7.71. The van der Waals surface area contributed by atoms with Gasteiger partial charge in [0.2, 0.25) is 5.88 Å². The molecule has 154 valence electrons. The summed E-state index contributed by atoms with van der Waals surface area (Å²) in [6.07, 6.45) is 4.59. The summed E-state index contributed by atoms with van der Waals surface area (Å²) in [5, 5.41) is 12.2. The van der Waals surface area contributed by atoms with Crippen LogP contribution in [0.1, 0.15) is 52.7 Å². The number of nitrogens with two attached hydrogens (primary N) is 1. The van der Waals surface area contributed by atoms with E-state index in [0.29, 0.717) is 18.7 Å². The van der Waals surface area contributed by atoms with Gasteiger partial charge in [0, 0.05) is 25.3 Å². The van der Waals surface area contributed by atoms with Crippen LogP contribution in [0.3, 0.4) is 0 Å². The fourth-order valence-electron chi connectivity index (χ4n) is 4.03. The summed E-state index contributed by atoms with van der Waals surface area (Å²) < 4.78 is 5.90. The highest BCUT2D eigenvalue weighted by molar-refractivity contribution is 5.94. The zero-order valence-electron chi connectivity index (χ0n) is 16.5. The Morgan fingerprint density at radius 2 is 1.93 bits per heavy atom. The van der Waals surface area contributed by atoms with Gasteiger partial charge in [-0.2, -0.15) is 5.26 Å². The molecule has 2 heterocycles. The van der Waals surface area contributed by atoms with Crippen molar-refractivity contribution < 1.29 is 14.3 Å². The fourth-order valence-corrected chi connectivity index (χ4v) is 4.03. The largest absolute Gasteiger partial charge is 0.474 e. The van der Waals surface area contributed by atoms with E-state index < -0.39 is 5.91 Å². The summed E-state index contributed by atoms with van der Waals surface area (Å²) in [4.78, 5) is 30.1. The third-order valence-electron chi connectivity index (χ3n) is 5.66. The van der Waals surface area contributed by atoms with Gasteiger partial charge in [0.25, 0.3) is 5.91 Å². The number of nitrogens with one attached hydrogen (secondary N) is 1. The first-order chi connectivity index (χ1) is 14.5. The summed E-state index contributed by atoms with van der Waals surface area (Å²) in [5.41, 5.74) is 8.38. The molecule has 30 heavy (non-hydrogen) atoms. The molecule has 1 aromatic carbocycles. The number of nitrogens with zero attached hydrogens (tertiary/aromatic N) is 3. The molecule has 3 amide bonds. The smallest absolute Gasteiger partial charge is 0.318 e. The van der Waals surface area contributed by atoms with Crippen LogP contribution in [-0.2, 0) is 13.1 Å². The minimum Gasteiger partial charge on any atom is -0.474 e. The van der Waals surface area contributed by atoms with Crippen molar-refractivity contribution in [3.8, 4) is 11.9 Å². The van der Waals surface area contributed by atoms with Crippen molar-refractivity contribution in [2.75, 3.05) is 0 Å². The Morgan fingerprint density at radius 1 is 1.17 bits per heavy atom. The zero-order chi connectivity index (χ0) is 21.1. The van der Waals surface area contributed by atoms with E-state index in [4.69, 9.17) is 15.7 Å². The predicted octanol–water partition coefficient (Wildman–Crippen LogP) is 2.47. The average Bonchev–Trinajstić information content (AvgIpc) is 3.19. The normalized spacial score (nSPS) is 20.2. The minimum absolute atomic E-state index is 0.0633. The lowest BCUT2D eigenvalue weighted by atomic mass is 9.93. The van der Waals surface area contributed by atoms with Crippen LogP contribution in [0.5, 0.6) is 5.88 Å². The number of benzene rings is 1. The lowest BCUT2D eigenvalue weighted by Crippen LogP contribution is -2.45. The molecule has 3 N–H and O–H groups in total. The quantitative estimate of drug-likeness (QED) is 0.809. The second-order valence-electron chi connectivity index (χ2n) is 7.71. The molecule has 0 unspecified atom stereocenters. The van der Waals surface area contributed by atoms with E-state index in [9.17, 15) is 9.59 Å². The van der Waals surface area contributed by atoms with Gasteiger partial charge in [-0.05, 0) is 61.1 Å². The number of pyridine rings is 1. The molecule has 2 aromatic rings. The number of hydrogen-bond donors (Lipinski definition) is 2. The Bertz CT molecular complexity index is 1010. The van der Waals surface area contributed by atoms with Gasteiger partial charge in [0.15, 0.2) is 0 Å². The topological polar surface area (TPSA) is 121 Å². The van der Waals surface area contributed by atoms with E-state index in [0.717, 1.165) is 36.8 Å². The van der Waals surface area contributed by atoms with Crippen molar-refractivity contribution in [2.45, 2.75) is 50.9 Å². The number of fused-ring (bicyclic) bond motifs is 1. The van der Waals surface area contributed by atoms with E-state index in [-0.39, 0.29) is 29.6 Å². The number of urea groups is 1. The van der Waals surface area contributed by atoms with Gasteiger partial charge in [-0.15, -0.1) is 0 Å². The number of rotatable bonds is 4. The van der Waals surface area contributed by atoms with Crippen molar-refractivity contribution >= 4 is 11.9 Å². The van der Waals surface area contributed by atoms with Crippen molar-refractivity contribution in [2.24, 2.45) is 5.73 Å². The maximum Gasteiger partial charge on any atom is 0.318 e. The third kappa shape index (κ3) is 4.20. The lowest BCUT2D eigenvalue weighted by Gasteiger charge is -2.30. The number of carbonyl (C=O) groups is 2. The summed E-state index contributed by atoms with van der Waals surface area (Å²) in [6, 6.07) is 10.9. The Balaban J connectivity index is 1.28. The number of hydrogen-bond acceptors (Lipinski definition) is 5. The van der Waals surface area contributed by atoms with Crippen LogP contribution in [0.4, 0.5) is 4.79 Å². The van der Waals surface area contributed by atoms with E-state index in [1.165, 1.54) is 0 Å². The molecule has 8 heteroatoms. The van der Waals surface area contributed by atoms with Crippen LogP contribution >= 0.6 is 0 Å². The van der Waals surface area contributed by atoms with Crippen LogP contribution in [0, 0.1) is 11.3 Å². The van der Waals surface area contributed by atoms with Crippen molar-refractivity contribution in [1.29, 1.82) is 5.26 Å².